The minimum atomic E-state index is -4.70. The first kappa shape index (κ1) is 12.7. The second-order valence-electron chi connectivity index (χ2n) is 4.19. The van der Waals surface area contributed by atoms with Crippen LogP contribution in [0.5, 0.6) is 5.75 Å². The van der Waals surface area contributed by atoms with Crippen LogP contribution in [0.25, 0.3) is 0 Å². The topological polar surface area (TPSA) is 29.5 Å². The molecular weight excluding hydrogens is 247 g/mol. The molecule has 1 aliphatic rings. The van der Waals surface area contributed by atoms with E-state index in [9.17, 15) is 18.0 Å². The number of ether oxygens (including phenoxy) is 1. The van der Waals surface area contributed by atoms with Gasteiger partial charge in [0.25, 0.3) is 0 Å². The summed E-state index contributed by atoms with van der Waals surface area (Å²) in [5.41, 5.74) is 0.597. The van der Waals surface area contributed by atoms with Gasteiger partial charge in [0.2, 0.25) is 5.91 Å². The summed E-state index contributed by atoms with van der Waals surface area (Å²) in [5, 5.41) is 0. The molecule has 0 bridgehead atoms. The molecule has 0 saturated carbocycles. The third kappa shape index (κ3) is 2.75. The van der Waals surface area contributed by atoms with Gasteiger partial charge in [0.05, 0.1) is 0 Å². The summed E-state index contributed by atoms with van der Waals surface area (Å²) in [6.45, 7) is 1.91. The Hall–Kier alpha value is -1.72. The van der Waals surface area contributed by atoms with Crippen LogP contribution in [-0.2, 0) is 4.79 Å². The van der Waals surface area contributed by atoms with Crippen LogP contribution in [-0.4, -0.2) is 18.3 Å². The van der Waals surface area contributed by atoms with Crippen molar-refractivity contribution in [3.05, 3.63) is 24.3 Å². The van der Waals surface area contributed by atoms with Crippen LogP contribution >= 0.6 is 0 Å². The fraction of sp³-hybridized carbons (Fsp3) is 0.417. The maximum atomic E-state index is 12.0. The predicted octanol–water partition coefficient (Wildman–Crippen LogP) is 3.10. The first-order valence-electron chi connectivity index (χ1n) is 5.55. The van der Waals surface area contributed by atoms with E-state index in [4.69, 9.17) is 0 Å². The molecule has 1 heterocycles. The Bertz CT molecular complexity index is 442. The highest BCUT2D eigenvalue weighted by Crippen LogP contribution is 2.29. The number of nitrogens with zero attached hydrogens (tertiary/aromatic N) is 1. The van der Waals surface area contributed by atoms with E-state index in [-0.39, 0.29) is 17.7 Å². The summed E-state index contributed by atoms with van der Waals surface area (Å²) >= 11 is 0. The largest absolute Gasteiger partial charge is 0.573 e. The zero-order chi connectivity index (χ0) is 13.3. The van der Waals surface area contributed by atoms with Gasteiger partial charge in [-0.3, -0.25) is 4.79 Å². The van der Waals surface area contributed by atoms with Crippen LogP contribution in [0, 0.1) is 0 Å². The third-order valence-electron chi connectivity index (χ3n) is 2.83. The molecule has 1 amide bonds. The Morgan fingerprint density at radius 2 is 1.89 bits per heavy atom. The molecule has 0 N–H and O–H groups in total. The summed E-state index contributed by atoms with van der Waals surface area (Å²) in [7, 11) is 0. The number of rotatable bonds is 2. The lowest BCUT2D eigenvalue weighted by molar-refractivity contribution is -0.274. The molecule has 0 spiro atoms. The van der Waals surface area contributed by atoms with E-state index in [1.54, 1.807) is 4.90 Å². The fourth-order valence-electron chi connectivity index (χ4n) is 2.03. The van der Waals surface area contributed by atoms with Crippen LogP contribution < -0.4 is 9.64 Å². The smallest absolute Gasteiger partial charge is 0.406 e. The standard InChI is InChI=1S/C12H12F3NO2/c1-8-2-7-11(17)16(8)9-3-5-10(6-4-9)18-12(13,14)15/h3-6,8H,2,7H2,1H3. The minimum Gasteiger partial charge on any atom is -0.406 e. The normalized spacial score (nSPS) is 20.3. The van der Waals surface area contributed by atoms with Crippen LogP contribution in [0.1, 0.15) is 19.8 Å². The van der Waals surface area contributed by atoms with Gasteiger partial charge in [-0.1, -0.05) is 0 Å². The number of carbonyl (C=O) groups is 1. The van der Waals surface area contributed by atoms with Crippen LogP contribution in [0.15, 0.2) is 24.3 Å². The average molecular weight is 259 g/mol. The lowest BCUT2D eigenvalue weighted by atomic mass is 10.2. The number of anilines is 1. The Kier molecular flexibility index (Phi) is 3.19. The first-order chi connectivity index (χ1) is 8.37. The molecule has 18 heavy (non-hydrogen) atoms. The van der Waals surface area contributed by atoms with Crippen LogP contribution in [0.3, 0.4) is 0 Å². The van der Waals surface area contributed by atoms with Crippen molar-refractivity contribution in [3.63, 3.8) is 0 Å². The van der Waals surface area contributed by atoms with E-state index in [0.29, 0.717) is 12.1 Å². The summed E-state index contributed by atoms with van der Waals surface area (Å²) in [6, 6.07) is 5.41. The molecule has 1 saturated heterocycles. The predicted molar refractivity (Wildman–Crippen MR) is 59.3 cm³/mol. The van der Waals surface area contributed by atoms with E-state index in [0.717, 1.165) is 6.42 Å². The van der Waals surface area contributed by atoms with Gasteiger partial charge in [0.1, 0.15) is 5.75 Å². The van der Waals surface area contributed by atoms with Gasteiger partial charge in [-0.25, -0.2) is 0 Å². The molecule has 1 aromatic rings. The fourth-order valence-corrected chi connectivity index (χ4v) is 2.03. The highest BCUT2D eigenvalue weighted by atomic mass is 19.4. The molecular formula is C12H12F3NO2. The van der Waals surface area contributed by atoms with Crippen molar-refractivity contribution < 1.29 is 22.7 Å². The quantitative estimate of drug-likeness (QED) is 0.816. The summed E-state index contributed by atoms with van der Waals surface area (Å²) in [4.78, 5) is 13.2. The lowest BCUT2D eigenvalue weighted by Gasteiger charge is -2.22. The minimum absolute atomic E-state index is 0.00742. The van der Waals surface area contributed by atoms with Crippen molar-refractivity contribution in [3.8, 4) is 5.75 Å². The van der Waals surface area contributed by atoms with Crippen molar-refractivity contribution in [2.24, 2.45) is 0 Å². The van der Waals surface area contributed by atoms with Gasteiger partial charge in [0, 0.05) is 18.2 Å². The Balaban J connectivity index is 2.15. The van der Waals surface area contributed by atoms with E-state index in [1.165, 1.54) is 24.3 Å². The second-order valence-corrected chi connectivity index (χ2v) is 4.19. The second kappa shape index (κ2) is 4.51. The van der Waals surface area contributed by atoms with Gasteiger partial charge < -0.3 is 9.64 Å². The summed E-state index contributed by atoms with van der Waals surface area (Å²) in [6.07, 6.45) is -3.46. The molecule has 0 aliphatic carbocycles. The van der Waals surface area contributed by atoms with E-state index >= 15 is 0 Å². The molecule has 1 unspecified atom stereocenters. The number of hydrogen-bond donors (Lipinski definition) is 0. The number of alkyl halides is 3. The van der Waals surface area contributed by atoms with E-state index in [1.807, 2.05) is 6.92 Å². The molecule has 0 radical (unpaired) electrons. The third-order valence-corrected chi connectivity index (χ3v) is 2.83. The van der Waals surface area contributed by atoms with Crippen molar-refractivity contribution >= 4 is 11.6 Å². The summed E-state index contributed by atoms with van der Waals surface area (Å²) in [5.74, 6) is -0.294. The summed E-state index contributed by atoms with van der Waals surface area (Å²) < 4.78 is 39.7. The molecule has 98 valence electrons. The number of benzene rings is 1. The number of amides is 1. The monoisotopic (exact) mass is 259 g/mol. The Morgan fingerprint density at radius 3 is 2.33 bits per heavy atom. The molecule has 1 atom stereocenters. The van der Waals surface area contributed by atoms with Gasteiger partial charge in [-0.05, 0) is 37.6 Å². The van der Waals surface area contributed by atoms with Crippen molar-refractivity contribution in [2.75, 3.05) is 4.90 Å². The maximum absolute atomic E-state index is 12.0. The van der Waals surface area contributed by atoms with Gasteiger partial charge in [0.15, 0.2) is 0 Å². The number of carbonyl (C=O) groups excluding carboxylic acids is 1. The SMILES string of the molecule is CC1CCC(=O)N1c1ccc(OC(F)(F)F)cc1. The van der Waals surface area contributed by atoms with E-state index in [2.05, 4.69) is 4.74 Å². The van der Waals surface area contributed by atoms with Gasteiger partial charge >= 0.3 is 6.36 Å². The molecule has 2 rings (SSSR count). The lowest BCUT2D eigenvalue weighted by Crippen LogP contribution is -2.30. The number of hydrogen-bond acceptors (Lipinski definition) is 2. The maximum Gasteiger partial charge on any atom is 0.573 e. The molecule has 1 fully saturated rings. The first-order valence-corrected chi connectivity index (χ1v) is 5.55. The Morgan fingerprint density at radius 1 is 1.28 bits per heavy atom. The average Bonchev–Trinajstić information content (AvgIpc) is 2.58. The van der Waals surface area contributed by atoms with Crippen molar-refractivity contribution in [1.29, 1.82) is 0 Å². The molecule has 3 nitrogen and oxygen atoms in total. The highest BCUT2D eigenvalue weighted by Gasteiger charge is 2.32. The highest BCUT2D eigenvalue weighted by molar-refractivity contribution is 5.96. The van der Waals surface area contributed by atoms with Crippen molar-refractivity contribution in [1.82, 2.24) is 0 Å². The van der Waals surface area contributed by atoms with Crippen molar-refractivity contribution in [2.45, 2.75) is 32.2 Å². The van der Waals surface area contributed by atoms with Gasteiger partial charge in [-0.15, -0.1) is 13.2 Å². The molecule has 6 heteroatoms. The van der Waals surface area contributed by atoms with Crippen LogP contribution in [0.2, 0.25) is 0 Å². The molecule has 0 aromatic heterocycles. The zero-order valence-electron chi connectivity index (χ0n) is 9.70. The van der Waals surface area contributed by atoms with Gasteiger partial charge in [-0.2, -0.15) is 0 Å². The van der Waals surface area contributed by atoms with E-state index < -0.39 is 6.36 Å². The molecule has 1 aromatic carbocycles. The molecule has 1 aliphatic heterocycles. The number of halogens is 3. The Labute approximate surface area is 102 Å². The zero-order valence-corrected chi connectivity index (χ0v) is 9.70. The van der Waals surface area contributed by atoms with Crippen LogP contribution in [0.4, 0.5) is 18.9 Å².